The Hall–Kier alpha value is -0.900. The van der Waals surface area contributed by atoms with Crippen LogP contribution in [0.3, 0.4) is 0 Å². The zero-order valence-electron chi connectivity index (χ0n) is 9.12. The summed E-state index contributed by atoms with van der Waals surface area (Å²) in [5, 5.41) is 7.86. The lowest BCUT2D eigenvalue weighted by Crippen LogP contribution is -2.17. The van der Waals surface area contributed by atoms with E-state index in [2.05, 4.69) is 29.2 Å². The molecular weight excluding hydrogens is 176 g/mol. The Morgan fingerprint density at radius 1 is 1.50 bits per heavy atom. The smallest absolute Gasteiger partial charge is 0.153 e. The van der Waals surface area contributed by atoms with Gasteiger partial charge in [-0.05, 0) is 19.4 Å². The fraction of sp³-hybridized carbons (Fsp3) is 0.800. The highest BCUT2D eigenvalue weighted by molar-refractivity contribution is 5.03. The molecule has 4 heteroatoms. The summed E-state index contributed by atoms with van der Waals surface area (Å²) in [6.45, 7) is 5.36. The third-order valence-electron chi connectivity index (χ3n) is 2.70. The second-order valence-electron chi connectivity index (χ2n) is 4.26. The first-order valence-electron chi connectivity index (χ1n) is 5.32. The van der Waals surface area contributed by atoms with Gasteiger partial charge in [0.15, 0.2) is 5.82 Å². The Morgan fingerprint density at radius 3 is 2.79 bits per heavy atom. The van der Waals surface area contributed by atoms with Crippen LogP contribution >= 0.6 is 0 Å². The summed E-state index contributed by atoms with van der Waals surface area (Å²) in [4.78, 5) is 4.58. The van der Waals surface area contributed by atoms with E-state index in [0.29, 0.717) is 12.0 Å². The molecule has 2 rings (SSSR count). The van der Waals surface area contributed by atoms with Crippen molar-refractivity contribution in [1.82, 2.24) is 20.1 Å². The summed E-state index contributed by atoms with van der Waals surface area (Å²) in [6.07, 6.45) is 2.43. The van der Waals surface area contributed by atoms with Crippen LogP contribution in [0, 0.1) is 0 Å². The molecule has 0 radical (unpaired) electrons. The highest BCUT2D eigenvalue weighted by atomic mass is 15.3. The van der Waals surface area contributed by atoms with Crippen LogP contribution in [-0.4, -0.2) is 21.3 Å². The SMILES string of the molecule is CC(C)c1nc(C2CCCN2)n(C)n1. The number of nitrogens with one attached hydrogen (secondary N) is 1. The van der Waals surface area contributed by atoms with Gasteiger partial charge in [-0.2, -0.15) is 5.10 Å². The van der Waals surface area contributed by atoms with Gasteiger partial charge in [-0.3, -0.25) is 4.68 Å². The molecular formula is C10H18N4. The molecule has 1 aliphatic rings. The molecule has 1 aromatic rings. The van der Waals surface area contributed by atoms with Gasteiger partial charge in [0.2, 0.25) is 0 Å². The molecule has 1 fully saturated rings. The second kappa shape index (κ2) is 3.69. The first-order chi connectivity index (χ1) is 6.68. The lowest BCUT2D eigenvalue weighted by atomic mass is 10.2. The molecule has 1 N–H and O–H groups in total. The maximum Gasteiger partial charge on any atom is 0.153 e. The van der Waals surface area contributed by atoms with E-state index in [1.807, 2.05) is 11.7 Å². The largest absolute Gasteiger partial charge is 0.307 e. The molecule has 0 bridgehead atoms. The monoisotopic (exact) mass is 194 g/mol. The Kier molecular flexibility index (Phi) is 2.54. The van der Waals surface area contributed by atoms with Crippen molar-refractivity contribution in [3.8, 4) is 0 Å². The van der Waals surface area contributed by atoms with Crippen LogP contribution in [-0.2, 0) is 7.05 Å². The highest BCUT2D eigenvalue weighted by Gasteiger charge is 2.22. The number of nitrogens with zero attached hydrogens (tertiary/aromatic N) is 3. The molecule has 0 aliphatic carbocycles. The number of aryl methyl sites for hydroxylation is 1. The quantitative estimate of drug-likeness (QED) is 0.773. The van der Waals surface area contributed by atoms with E-state index in [-0.39, 0.29) is 0 Å². The number of hydrogen-bond acceptors (Lipinski definition) is 3. The van der Waals surface area contributed by atoms with Crippen LogP contribution < -0.4 is 5.32 Å². The minimum absolute atomic E-state index is 0.413. The number of aromatic nitrogens is 3. The van der Waals surface area contributed by atoms with E-state index in [1.54, 1.807) is 0 Å². The average molecular weight is 194 g/mol. The van der Waals surface area contributed by atoms with E-state index in [9.17, 15) is 0 Å². The summed E-state index contributed by atoms with van der Waals surface area (Å²) in [6, 6.07) is 0.417. The number of hydrogen-bond donors (Lipinski definition) is 1. The molecule has 0 saturated carbocycles. The zero-order valence-corrected chi connectivity index (χ0v) is 9.12. The molecule has 78 valence electrons. The molecule has 1 aliphatic heterocycles. The van der Waals surface area contributed by atoms with Crippen LogP contribution in [0.1, 0.15) is 50.3 Å². The minimum atomic E-state index is 0.413. The Bertz CT molecular complexity index is 310. The molecule has 1 unspecified atom stereocenters. The van der Waals surface area contributed by atoms with Gasteiger partial charge < -0.3 is 5.32 Å². The normalized spacial score (nSPS) is 22.1. The van der Waals surface area contributed by atoms with Crippen molar-refractivity contribution in [3.63, 3.8) is 0 Å². The van der Waals surface area contributed by atoms with Crippen LogP contribution in [0.15, 0.2) is 0 Å². The zero-order chi connectivity index (χ0) is 10.1. The maximum atomic E-state index is 4.58. The van der Waals surface area contributed by atoms with Gasteiger partial charge >= 0.3 is 0 Å². The lowest BCUT2D eigenvalue weighted by molar-refractivity contribution is 0.559. The molecule has 1 atom stereocenters. The van der Waals surface area contributed by atoms with Crippen molar-refractivity contribution < 1.29 is 0 Å². The van der Waals surface area contributed by atoms with E-state index in [4.69, 9.17) is 0 Å². The Morgan fingerprint density at radius 2 is 2.29 bits per heavy atom. The first-order valence-corrected chi connectivity index (χ1v) is 5.32. The van der Waals surface area contributed by atoms with Gasteiger partial charge in [0.05, 0.1) is 6.04 Å². The second-order valence-corrected chi connectivity index (χ2v) is 4.26. The van der Waals surface area contributed by atoms with Gasteiger partial charge in [0.1, 0.15) is 5.82 Å². The predicted molar refractivity (Wildman–Crippen MR) is 55.1 cm³/mol. The van der Waals surface area contributed by atoms with Crippen LogP contribution in [0.5, 0.6) is 0 Å². The maximum absolute atomic E-state index is 4.58. The fourth-order valence-corrected chi connectivity index (χ4v) is 1.87. The van der Waals surface area contributed by atoms with Gasteiger partial charge in [-0.15, -0.1) is 0 Å². The number of rotatable bonds is 2. The van der Waals surface area contributed by atoms with Gasteiger partial charge in [-0.25, -0.2) is 4.98 Å². The topological polar surface area (TPSA) is 42.7 Å². The summed E-state index contributed by atoms with van der Waals surface area (Å²) in [5.74, 6) is 2.46. The fourth-order valence-electron chi connectivity index (χ4n) is 1.87. The molecule has 0 spiro atoms. The minimum Gasteiger partial charge on any atom is -0.307 e. The van der Waals surface area contributed by atoms with Crippen molar-refractivity contribution in [1.29, 1.82) is 0 Å². The molecule has 0 amide bonds. The third-order valence-corrected chi connectivity index (χ3v) is 2.70. The van der Waals surface area contributed by atoms with Crippen LogP contribution in [0.25, 0.3) is 0 Å². The highest BCUT2D eigenvalue weighted by Crippen LogP contribution is 2.22. The summed E-state index contributed by atoms with van der Waals surface area (Å²) in [7, 11) is 1.98. The van der Waals surface area contributed by atoms with Crippen molar-refractivity contribution in [2.24, 2.45) is 7.05 Å². The first kappa shape index (κ1) is 9.65. The summed E-state index contributed by atoms with van der Waals surface area (Å²) in [5.41, 5.74) is 0. The van der Waals surface area contributed by atoms with Crippen molar-refractivity contribution in [3.05, 3.63) is 11.6 Å². The van der Waals surface area contributed by atoms with Gasteiger partial charge in [0, 0.05) is 13.0 Å². The average Bonchev–Trinajstić information content (AvgIpc) is 2.71. The van der Waals surface area contributed by atoms with Gasteiger partial charge in [-0.1, -0.05) is 13.8 Å². The predicted octanol–water partition coefficient (Wildman–Crippen LogP) is 1.36. The molecule has 14 heavy (non-hydrogen) atoms. The Labute approximate surface area is 84.7 Å². The van der Waals surface area contributed by atoms with Crippen molar-refractivity contribution in [2.45, 2.75) is 38.6 Å². The van der Waals surface area contributed by atoms with E-state index < -0.39 is 0 Å². The lowest BCUT2D eigenvalue weighted by Gasteiger charge is -2.07. The standard InChI is InChI=1S/C10H18N4/c1-7(2)9-12-10(14(3)13-9)8-5-4-6-11-8/h7-8,11H,4-6H2,1-3H3. The van der Waals surface area contributed by atoms with Crippen molar-refractivity contribution >= 4 is 0 Å². The van der Waals surface area contributed by atoms with E-state index in [0.717, 1.165) is 18.2 Å². The molecule has 1 aromatic heterocycles. The molecule has 4 nitrogen and oxygen atoms in total. The van der Waals surface area contributed by atoms with Crippen LogP contribution in [0.2, 0.25) is 0 Å². The Balaban J connectivity index is 2.24. The summed E-state index contributed by atoms with van der Waals surface area (Å²) < 4.78 is 1.92. The molecule has 0 aromatic carbocycles. The van der Waals surface area contributed by atoms with E-state index in [1.165, 1.54) is 12.8 Å². The third kappa shape index (κ3) is 1.66. The summed E-state index contributed by atoms with van der Waals surface area (Å²) >= 11 is 0. The van der Waals surface area contributed by atoms with Crippen molar-refractivity contribution in [2.75, 3.05) is 6.54 Å². The van der Waals surface area contributed by atoms with Crippen LogP contribution in [0.4, 0.5) is 0 Å². The van der Waals surface area contributed by atoms with Gasteiger partial charge in [0.25, 0.3) is 0 Å². The molecule has 1 saturated heterocycles. The molecule has 2 heterocycles. The van der Waals surface area contributed by atoms with E-state index >= 15 is 0 Å².